The molecule has 7 nitrogen and oxygen atoms in total. The van der Waals surface area contributed by atoms with Gasteiger partial charge in [0.15, 0.2) is 10.7 Å². The van der Waals surface area contributed by atoms with E-state index in [-0.39, 0.29) is 5.69 Å². The summed E-state index contributed by atoms with van der Waals surface area (Å²) in [6.07, 6.45) is 0.932. The zero-order chi connectivity index (χ0) is 17.6. The van der Waals surface area contributed by atoms with E-state index in [1.54, 1.807) is 0 Å². The van der Waals surface area contributed by atoms with E-state index in [0.29, 0.717) is 16.7 Å². The first-order chi connectivity index (χ1) is 12.0. The number of nitrogens with one attached hydrogen (secondary N) is 1. The Labute approximate surface area is 146 Å². The second kappa shape index (κ2) is 5.82. The summed E-state index contributed by atoms with van der Waals surface area (Å²) in [7, 11) is 0. The number of fused-ring (bicyclic) bond motifs is 2. The molecule has 0 unspecified atom stereocenters. The summed E-state index contributed by atoms with van der Waals surface area (Å²) in [6, 6.07) is 9.32. The average Bonchev–Trinajstić information content (AvgIpc) is 3.17. The van der Waals surface area contributed by atoms with Gasteiger partial charge in [-0.1, -0.05) is 24.3 Å². The van der Waals surface area contributed by atoms with E-state index >= 15 is 0 Å². The van der Waals surface area contributed by atoms with Crippen LogP contribution in [0.3, 0.4) is 0 Å². The van der Waals surface area contributed by atoms with Crippen LogP contribution in [0.2, 0.25) is 0 Å². The molecule has 126 valence electrons. The SMILES string of the molecule is CCc1ccc2oc(Nc3nc4c(C)cc([N+](=O)[O-])cc4s3)nc2c1. The maximum atomic E-state index is 11.0. The van der Waals surface area contributed by atoms with Gasteiger partial charge in [-0.3, -0.25) is 15.4 Å². The van der Waals surface area contributed by atoms with Crippen molar-refractivity contribution in [2.24, 2.45) is 0 Å². The normalized spacial score (nSPS) is 11.3. The van der Waals surface area contributed by atoms with Gasteiger partial charge in [-0.15, -0.1) is 0 Å². The molecule has 0 amide bonds. The zero-order valence-electron chi connectivity index (χ0n) is 13.6. The number of nitrogens with zero attached hydrogens (tertiary/aromatic N) is 3. The summed E-state index contributed by atoms with van der Waals surface area (Å²) < 4.78 is 6.44. The van der Waals surface area contributed by atoms with Crippen molar-refractivity contribution in [1.29, 1.82) is 0 Å². The molecular weight excluding hydrogens is 340 g/mol. The summed E-state index contributed by atoms with van der Waals surface area (Å²) in [5.74, 6) is 0. The van der Waals surface area contributed by atoms with Crippen molar-refractivity contribution >= 4 is 49.5 Å². The molecule has 4 aromatic rings. The lowest BCUT2D eigenvalue weighted by Gasteiger charge is -1.95. The lowest BCUT2D eigenvalue weighted by molar-refractivity contribution is -0.384. The fourth-order valence-corrected chi connectivity index (χ4v) is 3.64. The van der Waals surface area contributed by atoms with Crippen molar-refractivity contribution < 1.29 is 9.34 Å². The quantitative estimate of drug-likeness (QED) is 0.411. The first kappa shape index (κ1) is 15.5. The Morgan fingerprint density at radius 1 is 1.28 bits per heavy atom. The molecule has 0 saturated heterocycles. The Morgan fingerprint density at radius 2 is 2.12 bits per heavy atom. The van der Waals surface area contributed by atoms with Crippen LogP contribution >= 0.6 is 11.3 Å². The van der Waals surface area contributed by atoms with Crippen LogP contribution in [-0.4, -0.2) is 14.9 Å². The van der Waals surface area contributed by atoms with Crippen molar-refractivity contribution in [2.45, 2.75) is 20.3 Å². The fraction of sp³-hybridized carbons (Fsp3) is 0.176. The van der Waals surface area contributed by atoms with Gasteiger partial charge in [-0.2, -0.15) is 4.98 Å². The Bertz CT molecular complexity index is 1120. The standard InChI is InChI=1S/C17H14N4O3S/c1-3-10-4-5-13-12(7-10)18-16(24-13)20-17-19-15-9(2)6-11(21(22)23)8-14(15)25-17/h4-8H,3H2,1-2H3,(H,18,19,20). The minimum absolute atomic E-state index is 0.0640. The molecule has 2 aromatic heterocycles. The van der Waals surface area contributed by atoms with E-state index in [2.05, 4.69) is 22.2 Å². The number of aryl methyl sites for hydroxylation is 2. The monoisotopic (exact) mass is 354 g/mol. The Hall–Kier alpha value is -3.00. The first-order valence-corrected chi connectivity index (χ1v) is 8.57. The second-order valence-corrected chi connectivity index (χ2v) is 6.72. The topological polar surface area (TPSA) is 94.1 Å². The molecule has 2 heterocycles. The Morgan fingerprint density at radius 3 is 2.88 bits per heavy atom. The van der Waals surface area contributed by atoms with Crippen molar-refractivity contribution in [3.63, 3.8) is 0 Å². The van der Waals surface area contributed by atoms with E-state index in [1.165, 1.54) is 29.0 Å². The van der Waals surface area contributed by atoms with E-state index in [0.717, 1.165) is 27.7 Å². The summed E-state index contributed by atoms with van der Waals surface area (Å²) in [4.78, 5) is 19.5. The molecule has 0 saturated carbocycles. The molecule has 0 radical (unpaired) electrons. The molecule has 0 aliphatic carbocycles. The van der Waals surface area contributed by atoms with E-state index in [1.807, 2.05) is 25.1 Å². The van der Waals surface area contributed by atoms with Crippen LogP contribution in [0.15, 0.2) is 34.7 Å². The minimum Gasteiger partial charge on any atom is -0.423 e. The highest BCUT2D eigenvalue weighted by Crippen LogP contribution is 2.33. The van der Waals surface area contributed by atoms with Crippen LogP contribution in [0.4, 0.5) is 16.8 Å². The molecular formula is C17H14N4O3S. The van der Waals surface area contributed by atoms with E-state index in [9.17, 15) is 10.1 Å². The summed E-state index contributed by atoms with van der Waals surface area (Å²) in [5.41, 5.74) is 4.24. The molecule has 2 aromatic carbocycles. The number of rotatable bonds is 4. The van der Waals surface area contributed by atoms with Gasteiger partial charge in [0.25, 0.3) is 5.69 Å². The van der Waals surface area contributed by atoms with E-state index < -0.39 is 4.92 Å². The van der Waals surface area contributed by atoms with Gasteiger partial charge in [-0.05, 0) is 36.6 Å². The molecule has 0 fully saturated rings. The van der Waals surface area contributed by atoms with Gasteiger partial charge in [0.1, 0.15) is 5.52 Å². The lowest BCUT2D eigenvalue weighted by atomic mass is 10.1. The third-order valence-corrected chi connectivity index (χ3v) is 4.87. The molecule has 0 aliphatic rings. The third-order valence-electron chi connectivity index (χ3n) is 3.96. The van der Waals surface area contributed by atoms with Crippen molar-refractivity contribution in [3.05, 3.63) is 51.6 Å². The number of non-ortho nitro benzene ring substituents is 1. The van der Waals surface area contributed by atoms with Crippen LogP contribution in [0.1, 0.15) is 18.1 Å². The highest BCUT2D eigenvalue weighted by Gasteiger charge is 2.15. The van der Waals surface area contributed by atoms with Crippen molar-refractivity contribution in [2.75, 3.05) is 5.32 Å². The van der Waals surface area contributed by atoms with Gasteiger partial charge >= 0.3 is 6.01 Å². The molecule has 0 atom stereocenters. The maximum Gasteiger partial charge on any atom is 0.302 e. The molecule has 4 rings (SSSR count). The van der Waals surface area contributed by atoms with Gasteiger partial charge < -0.3 is 4.42 Å². The fourth-order valence-electron chi connectivity index (χ4n) is 2.68. The van der Waals surface area contributed by atoms with E-state index in [4.69, 9.17) is 4.42 Å². The molecule has 1 N–H and O–H groups in total. The molecule has 0 aliphatic heterocycles. The number of aromatic nitrogens is 2. The van der Waals surface area contributed by atoms with Gasteiger partial charge in [-0.25, -0.2) is 4.98 Å². The predicted molar refractivity (Wildman–Crippen MR) is 97.7 cm³/mol. The molecule has 25 heavy (non-hydrogen) atoms. The average molecular weight is 354 g/mol. The predicted octanol–water partition coefficient (Wildman–Crippen LogP) is 4.96. The smallest absolute Gasteiger partial charge is 0.302 e. The van der Waals surface area contributed by atoms with Crippen LogP contribution in [0, 0.1) is 17.0 Å². The number of anilines is 2. The number of benzene rings is 2. The van der Waals surface area contributed by atoms with Gasteiger partial charge in [0.2, 0.25) is 0 Å². The van der Waals surface area contributed by atoms with Crippen LogP contribution in [0.5, 0.6) is 0 Å². The van der Waals surface area contributed by atoms with Crippen molar-refractivity contribution in [3.8, 4) is 0 Å². The third kappa shape index (κ3) is 2.80. The number of hydrogen-bond donors (Lipinski definition) is 1. The van der Waals surface area contributed by atoms with Crippen LogP contribution < -0.4 is 5.32 Å². The van der Waals surface area contributed by atoms with Gasteiger partial charge in [0, 0.05) is 12.1 Å². The van der Waals surface area contributed by atoms with Crippen molar-refractivity contribution in [1.82, 2.24) is 9.97 Å². The first-order valence-electron chi connectivity index (χ1n) is 7.75. The summed E-state index contributed by atoms with van der Waals surface area (Å²) in [6.45, 7) is 3.90. The van der Waals surface area contributed by atoms with Crippen LogP contribution in [-0.2, 0) is 6.42 Å². The van der Waals surface area contributed by atoms with Crippen LogP contribution in [0.25, 0.3) is 21.3 Å². The zero-order valence-corrected chi connectivity index (χ0v) is 14.4. The second-order valence-electron chi connectivity index (χ2n) is 5.69. The number of thiazole rings is 1. The summed E-state index contributed by atoms with van der Waals surface area (Å²) in [5, 5.41) is 14.6. The number of hydrogen-bond acceptors (Lipinski definition) is 7. The largest absolute Gasteiger partial charge is 0.423 e. The molecule has 0 spiro atoms. The highest BCUT2D eigenvalue weighted by atomic mass is 32.1. The number of nitro groups is 1. The Balaban J connectivity index is 1.70. The van der Waals surface area contributed by atoms with Gasteiger partial charge in [0.05, 0.1) is 15.1 Å². The lowest BCUT2D eigenvalue weighted by Crippen LogP contribution is -1.90. The number of oxazole rings is 1. The minimum atomic E-state index is -0.397. The number of nitro benzene ring substituents is 1. The molecule has 8 heteroatoms. The molecule has 0 bridgehead atoms. The maximum absolute atomic E-state index is 11.0. The highest BCUT2D eigenvalue weighted by molar-refractivity contribution is 7.22. The summed E-state index contributed by atoms with van der Waals surface area (Å²) >= 11 is 1.33. The Kier molecular flexibility index (Phi) is 3.61.